The Bertz CT molecular complexity index is 442. The molecule has 1 saturated heterocycles. The molecule has 1 aromatic carbocycles. The van der Waals surface area contributed by atoms with Crippen molar-refractivity contribution in [3.63, 3.8) is 0 Å². The van der Waals surface area contributed by atoms with Gasteiger partial charge in [-0.05, 0) is 44.1 Å². The molecule has 0 bridgehead atoms. The molecule has 0 amide bonds. The second-order valence-corrected chi connectivity index (χ2v) is 5.36. The maximum absolute atomic E-state index is 12.2. The van der Waals surface area contributed by atoms with Crippen molar-refractivity contribution in [1.29, 1.82) is 0 Å². The lowest BCUT2D eigenvalue weighted by Gasteiger charge is -2.26. The van der Waals surface area contributed by atoms with Crippen molar-refractivity contribution in [1.82, 2.24) is 4.90 Å². The Hall–Kier alpha value is -1.06. The minimum atomic E-state index is 0.124. The molecule has 0 spiro atoms. The third-order valence-corrected chi connectivity index (χ3v) is 3.80. The molecule has 19 heavy (non-hydrogen) atoms. The molecule has 0 atom stereocenters. The van der Waals surface area contributed by atoms with Crippen LogP contribution in [0.15, 0.2) is 18.2 Å². The van der Waals surface area contributed by atoms with Gasteiger partial charge in [0.2, 0.25) is 0 Å². The molecule has 1 aromatic rings. The number of ketones is 1. The summed E-state index contributed by atoms with van der Waals surface area (Å²) in [6.07, 6.45) is 4.35. The minimum absolute atomic E-state index is 0.124. The predicted octanol–water partition coefficient (Wildman–Crippen LogP) is 3.41. The number of Topliss-reactive ketones (excluding diaryl/α,β-unsaturated/α-hetero) is 1. The zero-order chi connectivity index (χ0) is 13.7. The largest absolute Gasteiger partial charge is 0.496 e. The summed E-state index contributed by atoms with van der Waals surface area (Å²) in [5.41, 5.74) is 0.629. The van der Waals surface area contributed by atoms with Gasteiger partial charge in [0.05, 0.1) is 12.7 Å². The Balaban J connectivity index is 1.95. The molecule has 1 aliphatic heterocycles. The van der Waals surface area contributed by atoms with E-state index in [0.717, 1.165) is 19.6 Å². The molecule has 0 aliphatic carbocycles. The Morgan fingerprint density at radius 3 is 2.74 bits per heavy atom. The lowest BCUT2D eigenvalue weighted by Crippen LogP contribution is -2.31. The van der Waals surface area contributed by atoms with Gasteiger partial charge in [0.15, 0.2) is 5.78 Å². The van der Waals surface area contributed by atoms with E-state index in [-0.39, 0.29) is 5.78 Å². The number of hydrogen-bond donors (Lipinski definition) is 0. The number of rotatable bonds is 5. The lowest BCUT2D eigenvalue weighted by atomic mass is 10.1. The summed E-state index contributed by atoms with van der Waals surface area (Å²) in [5, 5.41) is 0.587. The quantitative estimate of drug-likeness (QED) is 0.775. The first-order valence-corrected chi connectivity index (χ1v) is 7.17. The zero-order valence-electron chi connectivity index (χ0n) is 11.3. The van der Waals surface area contributed by atoms with Crippen molar-refractivity contribution in [2.45, 2.75) is 25.7 Å². The van der Waals surface area contributed by atoms with Crippen molar-refractivity contribution in [2.24, 2.45) is 0 Å². The van der Waals surface area contributed by atoms with Gasteiger partial charge in [-0.15, -0.1) is 0 Å². The number of hydrogen-bond acceptors (Lipinski definition) is 3. The molecule has 2 rings (SSSR count). The summed E-state index contributed by atoms with van der Waals surface area (Å²) in [4.78, 5) is 14.6. The van der Waals surface area contributed by atoms with E-state index >= 15 is 0 Å². The van der Waals surface area contributed by atoms with Gasteiger partial charge in [-0.25, -0.2) is 0 Å². The molecule has 0 N–H and O–H groups in total. The van der Waals surface area contributed by atoms with Gasteiger partial charge in [0, 0.05) is 18.0 Å². The Morgan fingerprint density at radius 2 is 2.05 bits per heavy atom. The maximum atomic E-state index is 12.2. The number of methoxy groups -OCH3 is 1. The Kier molecular flexibility index (Phi) is 5.23. The van der Waals surface area contributed by atoms with Gasteiger partial charge in [-0.2, -0.15) is 0 Å². The number of nitrogens with zero attached hydrogens (tertiary/aromatic N) is 1. The predicted molar refractivity (Wildman–Crippen MR) is 77.2 cm³/mol. The van der Waals surface area contributed by atoms with E-state index in [4.69, 9.17) is 16.3 Å². The van der Waals surface area contributed by atoms with Crippen LogP contribution in [-0.4, -0.2) is 37.4 Å². The topological polar surface area (TPSA) is 29.5 Å². The maximum Gasteiger partial charge on any atom is 0.167 e. The number of piperidine rings is 1. The summed E-state index contributed by atoms with van der Waals surface area (Å²) >= 11 is 5.90. The summed E-state index contributed by atoms with van der Waals surface area (Å²) in [5.74, 6) is 0.690. The standard InChI is InChI=1S/C15H20ClNO2/c1-19-15-11-12(16)5-6-13(15)14(18)7-10-17-8-3-2-4-9-17/h5-6,11H,2-4,7-10H2,1H3. The van der Waals surface area contributed by atoms with Gasteiger partial charge in [0.25, 0.3) is 0 Å². The van der Waals surface area contributed by atoms with E-state index < -0.39 is 0 Å². The molecule has 4 heteroatoms. The molecule has 0 unspecified atom stereocenters. The van der Waals surface area contributed by atoms with Crippen LogP contribution in [0.4, 0.5) is 0 Å². The lowest BCUT2D eigenvalue weighted by molar-refractivity contribution is 0.0956. The van der Waals surface area contributed by atoms with Crippen LogP contribution in [0.1, 0.15) is 36.0 Å². The normalized spacial score (nSPS) is 16.3. The summed E-state index contributed by atoms with van der Waals surface area (Å²) in [6, 6.07) is 5.17. The molecular formula is C15H20ClNO2. The number of carbonyl (C=O) groups excluding carboxylic acids is 1. The van der Waals surface area contributed by atoms with Gasteiger partial charge in [0.1, 0.15) is 5.75 Å². The van der Waals surface area contributed by atoms with Crippen molar-refractivity contribution in [2.75, 3.05) is 26.7 Å². The minimum Gasteiger partial charge on any atom is -0.496 e. The van der Waals surface area contributed by atoms with Crippen molar-refractivity contribution in [3.05, 3.63) is 28.8 Å². The van der Waals surface area contributed by atoms with Gasteiger partial charge < -0.3 is 9.64 Å². The number of ether oxygens (including phenoxy) is 1. The molecule has 104 valence electrons. The average Bonchev–Trinajstić information content (AvgIpc) is 2.45. The van der Waals surface area contributed by atoms with Crippen LogP contribution in [-0.2, 0) is 0 Å². The average molecular weight is 282 g/mol. The van der Waals surface area contributed by atoms with E-state index in [1.54, 1.807) is 25.3 Å². The van der Waals surface area contributed by atoms with E-state index in [0.29, 0.717) is 22.8 Å². The molecule has 1 fully saturated rings. The first-order valence-electron chi connectivity index (χ1n) is 6.80. The van der Waals surface area contributed by atoms with Crippen molar-refractivity contribution < 1.29 is 9.53 Å². The highest BCUT2D eigenvalue weighted by Gasteiger charge is 2.15. The van der Waals surface area contributed by atoms with Gasteiger partial charge >= 0.3 is 0 Å². The number of likely N-dealkylation sites (tertiary alicyclic amines) is 1. The van der Waals surface area contributed by atoms with Gasteiger partial charge in [-0.1, -0.05) is 18.0 Å². The van der Waals surface area contributed by atoms with Crippen molar-refractivity contribution in [3.8, 4) is 5.75 Å². The highest BCUT2D eigenvalue weighted by Crippen LogP contribution is 2.24. The molecule has 0 radical (unpaired) electrons. The third kappa shape index (κ3) is 3.95. The summed E-state index contributed by atoms with van der Waals surface area (Å²) < 4.78 is 5.22. The SMILES string of the molecule is COc1cc(Cl)ccc1C(=O)CCN1CCCCC1. The molecule has 0 aromatic heterocycles. The first kappa shape index (κ1) is 14.4. The highest BCUT2D eigenvalue weighted by molar-refractivity contribution is 6.30. The Labute approximate surface area is 119 Å². The van der Waals surface area contributed by atoms with Crippen LogP contribution >= 0.6 is 11.6 Å². The zero-order valence-corrected chi connectivity index (χ0v) is 12.1. The molecule has 3 nitrogen and oxygen atoms in total. The molecule has 0 saturated carbocycles. The van der Waals surface area contributed by atoms with Crippen molar-refractivity contribution >= 4 is 17.4 Å². The monoisotopic (exact) mass is 281 g/mol. The fourth-order valence-electron chi connectivity index (χ4n) is 2.47. The smallest absolute Gasteiger partial charge is 0.167 e. The fourth-order valence-corrected chi connectivity index (χ4v) is 2.63. The summed E-state index contributed by atoms with van der Waals surface area (Å²) in [7, 11) is 1.56. The van der Waals surface area contributed by atoms with Crippen LogP contribution < -0.4 is 4.74 Å². The highest BCUT2D eigenvalue weighted by atomic mass is 35.5. The van der Waals surface area contributed by atoms with E-state index in [1.165, 1.54) is 19.3 Å². The van der Waals surface area contributed by atoms with Crippen LogP contribution in [0, 0.1) is 0 Å². The molecule has 1 heterocycles. The second kappa shape index (κ2) is 6.92. The number of carbonyl (C=O) groups is 1. The van der Waals surface area contributed by atoms with Crippen LogP contribution in [0.2, 0.25) is 5.02 Å². The van der Waals surface area contributed by atoms with E-state index in [2.05, 4.69) is 4.90 Å². The summed E-state index contributed by atoms with van der Waals surface area (Å²) in [6.45, 7) is 3.07. The third-order valence-electron chi connectivity index (χ3n) is 3.57. The molecule has 1 aliphatic rings. The van der Waals surface area contributed by atoms with E-state index in [1.807, 2.05) is 0 Å². The second-order valence-electron chi connectivity index (χ2n) is 4.92. The fraction of sp³-hybridized carbons (Fsp3) is 0.533. The van der Waals surface area contributed by atoms with E-state index in [9.17, 15) is 4.79 Å². The number of benzene rings is 1. The first-order chi connectivity index (χ1) is 9.20. The van der Waals surface area contributed by atoms with Crippen LogP contribution in [0.5, 0.6) is 5.75 Å². The number of halogens is 1. The Morgan fingerprint density at radius 1 is 1.32 bits per heavy atom. The molecular weight excluding hydrogens is 262 g/mol. The van der Waals surface area contributed by atoms with Crippen LogP contribution in [0.25, 0.3) is 0 Å². The van der Waals surface area contributed by atoms with Gasteiger partial charge in [-0.3, -0.25) is 4.79 Å². The van der Waals surface area contributed by atoms with Crippen LogP contribution in [0.3, 0.4) is 0 Å².